The molecule has 2 saturated carbocycles. The Labute approximate surface area is 211 Å². The van der Waals surface area contributed by atoms with Gasteiger partial charge in [0.2, 0.25) is 11.8 Å². The molecule has 5 aliphatic rings. The number of hydrogen-bond donors (Lipinski definition) is 0. The van der Waals surface area contributed by atoms with Crippen LogP contribution in [0.15, 0.2) is 12.3 Å². The summed E-state index contributed by atoms with van der Waals surface area (Å²) in [6.45, 7) is 12.9. The Bertz CT molecular complexity index is 791. The SMILES string of the molecule is C=C(C1CCCO1)N1CC(C)N(C(C)=O)C2CCC(C3CCCC(C(=O)N4CCOCC4)C3)CC21. The molecule has 7 unspecified atom stereocenters. The van der Waals surface area contributed by atoms with Gasteiger partial charge in [-0.15, -0.1) is 0 Å². The number of rotatable bonds is 4. The first-order chi connectivity index (χ1) is 16.9. The van der Waals surface area contributed by atoms with Crippen LogP contribution in [0.4, 0.5) is 0 Å². The van der Waals surface area contributed by atoms with Crippen molar-refractivity contribution in [2.45, 2.75) is 95.9 Å². The van der Waals surface area contributed by atoms with Gasteiger partial charge in [0.15, 0.2) is 0 Å². The molecular weight excluding hydrogens is 442 g/mol. The van der Waals surface area contributed by atoms with E-state index in [0.717, 1.165) is 83.3 Å². The van der Waals surface area contributed by atoms with Crippen LogP contribution >= 0.6 is 0 Å². The van der Waals surface area contributed by atoms with Crippen molar-refractivity contribution in [1.29, 1.82) is 0 Å². The van der Waals surface area contributed by atoms with Gasteiger partial charge in [-0.3, -0.25) is 9.59 Å². The van der Waals surface area contributed by atoms with Gasteiger partial charge in [0, 0.05) is 56.9 Å². The molecule has 5 fully saturated rings. The lowest BCUT2D eigenvalue weighted by molar-refractivity contribution is -0.144. The highest BCUT2D eigenvalue weighted by molar-refractivity contribution is 5.79. The fourth-order valence-corrected chi connectivity index (χ4v) is 7.91. The van der Waals surface area contributed by atoms with Crippen LogP contribution in [0, 0.1) is 17.8 Å². The van der Waals surface area contributed by atoms with Gasteiger partial charge in [-0.1, -0.05) is 19.4 Å². The standard InChI is InChI=1S/C28H45N3O4/c1-19-18-30(20(2)27-8-5-13-35-27)26-17-23(9-10-25(26)31(19)21(3)32)22-6-4-7-24(16-22)28(33)29-11-14-34-15-12-29/h19,22-27H,2,4-18H2,1,3H3. The Morgan fingerprint density at radius 2 is 1.66 bits per heavy atom. The van der Waals surface area contributed by atoms with E-state index in [1.807, 2.05) is 4.90 Å². The zero-order valence-corrected chi connectivity index (χ0v) is 21.8. The maximum atomic E-state index is 13.2. The van der Waals surface area contributed by atoms with Crippen LogP contribution in [-0.2, 0) is 19.1 Å². The molecule has 5 rings (SSSR count). The number of nitrogens with zero attached hydrogens (tertiary/aromatic N) is 3. The third-order valence-corrected chi connectivity index (χ3v) is 9.60. The maximum absolute atomic E-state index is 13.2. The Morgan fingerprint density at radius 3 is 2.37 bits per heavy atom. The number of ether oxygens (including phenoxy) is 2. The number of fused-ring (bicyclic) bond motifs is 1. The van der Waals surface area contributed by atoms with Crippen molar-refractivity contribution in [3.05, 3.63) is 12.3 Å². The Balaban J connectivity index is 1.29. The molecule has 0 aromatic carbocycles. The highest BCUT2D eigenvalue weighted by atomic mass is 16.5. The van der Waals surface area contributed by atoms with Crippen LogP contribution in [-0.4, -0.2) is 90.2 Å². The van der Waals surface area contributed by atoms with E-state index in [9.17, 15) is 9.59 Å². The smallest absolute Gasteiger partial charge is 0.225 e. The predicted molar refractivity (Wildman–Crippen MR) is 135 cm³/mol. The van der Waals surface area contributed by atoms with Crippen LogP contribution in [0.1, 0.15) is 71.6 Å². The van der Waals surface area contributed by atoms with Crippen molar-refractivity contribution in [3.63, 3.8) is 0 Å². The molecule has 0 spiro atoms. The Hall–Kier alpha value is -1.60. The number of amides is 2. The molecule has 3 aliphatic heterocycles. The molecule has 0 bridgehead atoms. The van der Waals surface area contributed by atoms with E-state index in [1.165, 1.54) is 6.42 Å². The third kappa shape index (κ3) is 5.13. The molecule has 35 heavy (non-hydrogen) atoms. The zero-order valence-electron chi connectivity index (χ0n) is 21.8. The van der Waals surface area contributed by atoms with E-state index in [4.69, 9.17) is 9.47 Å². The monoisotopic (exact) mass is 487 g/mol. The molecule has 7 heteroatoms. The summed E-state index contributed by atoms with van der Waals surface area (Å²) in [5, 5.41) is 0. The minimum Gasteiger partial charge on any atom is -0.378 e. The summed E-state index contributed by atoms with van der Waals surface area (Å²) >= 11 is 0. The summed E-state index contributed by atoms with van der Waals surface area (Å²) in [6.07, 6.45) is 10.0. The number of piperazine rings is 1. The quantitative estimate of drug-likeness (QED) is 0.608. The molecule has 2 amide bonds. The first kappa shape index (κ1) is 25.1. The van der Waals surface area contributed by atoms with Crippen molar-refractivity contribution in [2.24, 2.45) is 17.8 Å². The van der Waals surface area contributed by atoms with E-state index < -0.39 is 0 Å². The summed E-state index contributed by atoms with van der Waals surface area (Å²) in [6, 6.07) is 0.745. The van der Waals surface area contributed by atoms with Gasteiger partial charge in [-0.05, 0) is 63.7 Å². The summed E-state index contributed by atoms with van der Waals surface area (Å²) in [5.74, 6) is 1.93. The first-order valence-electron chi connectivity index (χ1n) is 14.2. The average Bonchev–Trinajstić information content (AvgIpc) is 3.42. The minimum absolute atomic E-state index is 0.123. The molecule has 0 N–H and O–H groups in total. The molecule has 0 aromatic rings. The van der Waals surface area contributed by atoms with Crippen LogP contribution < -0.4 is 0 Å². The van der Waals surface area contributed by atoms with Gasteiger partial charge in [-0.25, -0.2) is 0 Å². The molecule has 196 valence electrons. The second kappa shape index (κ2) is 10.8. The largest absolute Gasteiger partial charge is 0.378 e. The van der Waals surface area contributed by atoms with Gasteiger partial charge in [0.1, 0.15) is 0 Å². The maximum Gasteiger partial charge on any atom is 0.225 e. The van der Waals surface area contributed by atoms with Crippen LogP contribution in [0.3, 0.4) is 0 Å². The number of carbonyl (C=O) groups is 2. The lowest BCUT2D eigenvalue weighted by Gasteiger charge is -2.56. The van der Waals surface area contributed by atoms with Gasteiger partial charge >= 0.3 is 0 Å². The average molecular weight is 488 g/mol. The van der Waals surface area contributed by atoms with Gasteiger partial charge in [-0.2, -0.15) is 0 Å². The number of morpholine rings is 1. The van der Waals surface area contributed by atoms with Crippen molar-refractivity contribution in [1.82, 2.24) is 14.7 Å². The minimum atomic E-state index is 0.123. The van der Waals surface area contributed by atoms with E-state index in [0.29, 0.717) is 37.0 Å². The van der Waals surface area contributed by atoms with Crippen LogP contribution in [0.25, 0.3) is 0 Å². The highest BCUT2D eigenvalue weighted by Gasteiger charge is 2.47. The summed E-state index contributed by atoms with van der Waals surface area (Å²) < 4.78 is 11.5. The summed E-state index contributed by atoms with van der Waals surface area (Å²) in [7, 11) is 0. The lowest BCUT2D eigenvalue weighted by Crippen LogP contribution is -2.66. The highest BCUT2D eigenvalue weighted by Crippen LogP contribution is 2.45. The van der Waals surface area contributed by atoms with Crippen LogP contribution in [0.5, 0.6) is 0 Å². The molecular formula is C28H45N3O4. The summed E-state index contributed by atoms with van der Waals surface area (Å²) in [5.41, 5.74) is 1.12. The van der Waals surface area contributed by atoms with E-state index in [1.54, 1.807) is 6.92 Å². The van der Waals surface area contributed by atoms with Crippen LogP contribution in [0.2, 0.25) is 0 Å². The molecule has 3 heterocycles. The molecule has 7 atom stereocenters. The third-order valence-electron chi connectivity index (χ3n) is 9.60. The molecule has 0 radical (unpaired) electrons. The van der Waals surface area contributed by atoms with Gasteiger partial charge < -0.3 is 24.2 Å². The second-order valence-corrected chi connectivity index (χ2v) is 11.7. The van der Waals surface area contributed by atoms with Crippen molar-refractivity contribution in [3.8, 4) is 0 Å². The molecule has 3 saturated heterocycles. The first-order valence-corrected chi connectivity index (χ1v) is 14.2. The fourth-order valence-electron chi connectivity index (χ4n) is 7.91. The fraction of sp³-hybridized carbons (Fsp3) is 0.857. The van der Waals surface area contributed by atoms with Crippen molar-refractivity contribution in [2.75, 3.05) is 39.5 Å². The van der Waals surface area contributed by atoms with E-state index in [2.05, 4.69) is 23.3 Å². The van der Waals surface area contributed by atoms with Crippen molar-refractivity contribution < 1.29 is 19.1 Å². The lowest BCUT2D eigenvalue weighted by atomic mass is 9.67. The molecule has 2 aliphatic carbocycles. The molecule has 7 nitrogen and oxygen atoms in total. The Morgan fingerprint density at radius 1 is 0.886 bits per heavy atom. The zero-order chi connectivity index (χ0) is 24.5. The van der Waals surface area contributed by atoms with E-state index in [-0.39, 0.29) is 30.0 Å². The number of carbonyl (C=O) groups excluding carboxylic acids is 2. The predicted octanol–water partition coefficient (Wildman–Crippen LogP) is 3.43. The second-order valence-electron chi connectivity index (χ2n) is 11.7. The number of hydrogen-bond acceptors (Lipinski definition) is 5. The van der Waals surface area contributed by atoms with Gasteiger partial charge in [0.25, 0.3) is 0 Å². The van der Waals surface area contributed by atoms with E-state index >= 15 is 0 Å². The van der Waals surface area contributed by atoms with Gasteiger partial charge in [0.05, 0.1) is 25.4 Å². The Kier molecular flexibility index (Phi) is 7.73. The van der Waals surface area contributed by atoms with Crippen molar-refractivity contribution >= 4 is 11.8 Å². The topological polar surface area (TPSA) is 62.3 Å². The normalized spacial score (nSPS) is 38.2. The molecule has 0 aromatic heterocycles. The summed E-state index contributed by atoms with van der Waals surface area (Å²) in [4.78, 5) is 32.6.